The van der Waals surface area contributed by atoms with Gasteiger partial charge in [-0.3, -0.25) is 9.59 Å². The highest BCUT2D eigenvalue weighted by molar-refractivity contribution is 5.97. The van der Waals surface area contributed by atoms with E-state index in [1.807, 2.05) is 0 Å². The average Bonchev–Trinajstić information content (AvgIpc) is 2.45. The Kier molecular flexibility index (Phi) is 7.93. The van der Waals surface area contributed by atoms with E-state index in [-0.39, 0.29) is 13.0 Å². The topological polar surface area (TPSA) is 75.6 Å². The van der Waals surface area contributed by atoms with E-state index < -0.39 is 35.6 Å². The first kappa shape index (κ1) is 18.8. The van der Waals surface area contributed by atoms with Crippen molar-refractivity contribution in [2.24, 2.45) is 0 Å². The Bertz CT molecular complexity index is 537. The molecule has 0 aromatic heterocycles. The molecule has 0 fully saturated rings. The number of rotatable bonds is 10. The van der Waals surface area contributed by atoms with Gasteiger partial charge in [-0.1, -0.05) is 18.9 Å². The van der Waals surface area contributed by atoms with Crippen LogP contribution in [0.25, 0.3) is 0 Å². The third kappa shape index (κ3) is 7.03. The lowest BCUT2D eigenvalue weighted by molar-refractivity contribution is -0.137. The maximum absolute atomic E-state index is 13.7. The van der Waals surface area contributed by atoms with Crippen LogP contribution in [0.1, 0.15) is 42.5 Å². The van der Waals surface area contributed by atoms with Gasteiger partial charge in [-0.05, 0) is 25.0 Å². The first-order valence-electron chi connectivity index (χ1n) is 7.15. The molecule has 0 atom stereocenters. The molecule has 8 heteroatoms. The van der Waals surface area contributed by atoms with Crippen LogP contribution < -0.4 is 10.1 Å². The molecular weight excluding hydrogens is 315 g/mol. The lowest BCUT2D eigenvalue weighted by Crippen LogP contribution is -2.26. The van der Waals surface area contributed by atoms with Crippen LogP contribution in [-0.2, 0) is 4.79 Å². The normalized spacial score (nSPS) is 10.6. The van der Waals surface area contributed by atoms with Crippen molar-refractivity contribution in [2.45, 2.75) is 38.7 Å². The standard InChI is InChI=1S/C15H18F3NO4/c16-10-6-5-7-11(23-15(17)18)13(10)14(22)19-9-4-2-1-3-8-12(20)21/h5-7,15H,1-4,8-9H2,(H,19,22)(H,20,21). The van der Waals surface area contributed by atoms with Crippen molar-refractivity contribution in [2.75, 3.05) is 6.54 Å². The second-order valence-corrected chi connectivity index (χ2v) is 4.81. The zero-order chi connectivity index (χ0) is 17.2. The summed E-state index contributed by atoms with van der Waals surface area (Å²) >= 11 is 0. The maximum Gasteiger partial charge on any atom is 0.387 e. The molecule has 0 heterocycles. The molecule has 0 aliphatic heterocycles. The van der Waals surface area contributed by atoms with Crippen LogP contribution in [0.3, 0.4) is 0 Å². The molecule has 0 aliphatic carbocycles. The molecule has 0 unspecified atom stereocenters. The summed E-state index contributed by atoms with van der Waals surface area (Å²) in [5.41, 5.74) is -0.557. The summed E-state index contributed by atoms with van der Waals surface area (Å²) < 4.78 is 42.3. The highest BCUT2D eigenvalue weighted by atomic mass is 19.3. The quantitative estimate of drug-likeness (QED) is 0.645. The van der Waals surface area contributed by atoms with Gasteiger partial charge in [-0.25, -0.2) is 4.39 Å². The molecule has 23 heavy (non-hydrogen) atoms. The van der Waals surface area contributed by atoms with Gasteiger partial charge in [0.15, 0.2) is 0 Å². The summed E-state index contributed by atoms with van der Waals surface area (Å²) in [6.45, 7) is -2.92. The van der Waals surface area contributed by atoms with Gasteiger partial charge in [-0.15, -0.1) is 0 Å². The van der Waals surface area contributed by atoms with Crippen LogP contribution in [0.5, 0.6) is 5.75 Å². The fraction of sp³-hybridized carbons (Fsp3) is 0.467. The van der Waals surface area contributed by atoms with Crippen LogP contribution in [0.4, 0.5) is 13.2 Å². The summed E-state index contributed by atoms with van der Waals surface area (Å²) in [7, 11) is 0. The molecular formula is C15H18F3NO4. The van der Waals surface area contributed by atoms with Crippen LogP contribution in [0.2, 0.25) is 0 Å². The Labute approximate surface area is 131 Å². The van der Waals surface area contributed by atoms with E-state index >= 15 is 0 Å². The maximum atomic E-state index is 13.7. The number of nitrogens with one attached hydrogen (secondary N) is 1. The number of aliphatic carboxylic acids is 1. The van der Waals surface area contributed by atoms with Gasteiger partial charge in [0.05, 0.1) is 0 Å². The molecule has 0 aliphatic rings. The number of hydrogen-bond acceptors (Lipinski definition) is 3. The predicted octanol–water partition coefficient (Wildman–Crippen LogP) is 3.19. The Morgan fingerprint density at radius 2 is 1.87 bits per heavy atom. The number of benzene rings is 1. The summed E-state index contributed by atoms with van der Waals surface area (Å²) in [6.07, 6.45) is 2.61. The number of carboxylic acids is 1. The first-order valence-corrected chi connectivity index (χ1v) is 7.15. The number of ether oxygens (including phenoxy) is 1. The Hall–Kier alpha value is -2.25. The molecule has 0 spiro atoms. The molecule has 1 rings (SSSR count). The molecule has 0 bridgehead atoms. The van der Waals surface area contributed by atoms with Crippen LogP contribution in [0.15, 0.2) is 18.2 Å². The molecule has 2 N–H and O–H groups in total. The Balaban J connectivity index is 2.44. The summed E-state index contributed by atoms with van der Waals surface area (Å²) in [6, 6.07) is 3.25. The van der Waals surface area contributed by atoms with Crippen molar-refractivity contribution in [3.8, 4) is 5.75 Å². The molecule has 0 saturated carbocycles. The van der Waals surface area contributed by atoms with Crippen molar-refractivity contribution in [1.82, 2.24) is 5.32 Å². The molecule has 0 saturated heterocycles. The number of carbonyl (C=O) groups excluding carboxylic acids is 1. The number of hydrogen-bond donors (Lipinski definition) is 2. The molecule has 1 amide bonds. The van der Waals surface area contributed by atoms with Gasteiger partial charge in [0, 0.05) is 13.0 Å². The third-order valence-electron chi connectivity index (χ3n) is 3.02. The molecule has 0 radical (unpaired) electrons. The number of carbonyl (C=O) groups is 2. The molecule has 1 aromatic rings. The second kappa shape index (κ2) is 9.70. The highest BCUT2D eigenvalue weighted by Gasteiger charge is 2.19. The zero-order valence-electron chi connectivity index (χ0n) is 12.4. The third-order valence-corrected chi connectivity index (χ3v) is 3.02. The number of alkyl halides is 2. The summed E-state index contributed by atoms with van der Waals surface area (Å²) in [4.78, 5) is 22.2. The van der Waals surface area contributed by atoms with Crippen molar-refractivity contribution < 1.29 is 32.6 Å². The Morgan fingerprint density at radius 1 is 1.17 bits per heavy atom. The van der Waals surface area contributed by atoms with Gasteiger partial charge in [0.25, 0.3) is 5.91 Å². The van der Waals surface area contributed by atoms with E-state index in [0.29, 0.717) is 25.7 Å². The lowest BCUT2D eigenvalue weighted by atomic mass is 10.1. The lowest BCUT2D eigenvalue weighted by Gasteiger charge is -2.11. The highest BCUT2D eigenvalue weighted by Crippen LogP contribution is 2.23. The van der Waals surface area contributed by atoms with E-state index in [1.54, 1.807) is 0 Å². The largest absolute Gasteiger partial charge is 0.481 e. The fourth-order valence-electron chi connectivity index (χ4n) is 1.96. The minimum Gasteiger partial charge on any atom is -0.481 e. The van der Waals surface area contributed by atoms with Crippen molar-refractivity contribution in [1.29, 1.82) is 0 Å². The molecule has 1 aromatic carbocycles. The average molecular weight is 333 g/mol. The van der Waals surface area contributed by atoms with Crippen molar-refractivity contribution in [3.05, 3.63) is 29.6 Å². The molecule has 5 nitrogen and oxygen atoms in total. The summed E-state index contributed by atoms with van der Waals surface area (Å²) in [5.74, 6) is -3.14. The van der Waals surface area contributed by atoms with Gasteiger partial charge in [0.2, 0.25) is 0 Å². The van der Waals surface area contributed by atoms with Gasteiger partial charge < -0.3 is 15.2 Å². The smallest absolute Gasteiger partial charge is 0.387 e. The molecule has 128 valence electrons. The second-order valence-electron chi connectivity index (χ2n) is 4.81. The van der Waals surface area contributed by atoms with Gasteiger partial charge >= 0.3 is 12.6 Å². The number of amides is 1. The van der Waals surface area contributed by atoms with E-state index in [1.165, 1.54) is 6.07 Å². The van der Waals surface area contributed by atoms with Crippen molar-refractivity contribution >= 4 is 11.9 Å². The Morgan fingerprint density at radius 3 is 2.52 bits per heavy atom. The first-order chi connectivity index (χ1) is 10.9. The van der Waals surface area contributed by atoms with E-state index in [2.05, 4.69) is 10.1 Å². The zero-order valence-corrected chi connectivity index (χ0v) is 12.4. The monoisotopic (exact) mass is 333 g/mol. The van der Waals surface area contributed by atoms with Crippen molar-refractivity contribution in [3.63, 3.8) is 0 Å². The van der Waals surface area contributed by atoms with Gasteiger partial charge in [-0.2, -0.15) is 8.78 Å². The van der Waals surface area contributed by atoms with E-state index in [4.69, 9.17) is 5.11 Å². The minimum atomic E-state index is -3.16. The fourth-order valence-corrected chi connectivity index (χ4v) is 1.96. The number of unbranched alkanes of at least 4 members (excludes halogenated alkanes) is 3. The van der Waals surface area contributed by atoms with Gasteiger partial charge in [0.1, 0.15) is 17.1 Å². The SMILES string of the molecule is O=C(O)CCCCCCNC(=O)c1c(F)cccc1OC(F)F. The van der Waals surface area contributed by atoms with Crippen LogP contribution >= 0.6 is 0 Å². The minimum absolute atomic E-state index is 0.0932. The van der Waals surface area contributed by atoms with Crippen LogP contribution in [0, 0.1) is 5.82 Å². The number of halogens is 3. The van der Waals surface area contributed by atoms with Crippen LogP contribution in [-0.4, -0.2) is 30.1 Å². The van der Waals surface area contributed by atoms with E-state index in [0.717, 1.165) is 12.1 Å². The summed E-state index contributed by atoms with van der Waals surface area (Å²) in [5, 5.41) is 10.9. The van der Waals surface area contributed by atoms with E-state index in [9.17, 15) is 22.8 Å². The predicted molar refractivity (Wildman–Crippen MR) is 76.1 cm³/mol. The number of carboxylic acid groups (broad SMARTS) is 1.